The molecule has 0 aromatic heterocycles. The zero-order valence-electron chi connectivity index (χ0n) is 13.7. The molecule has 2 unspecified atom stereocenters. The molecule has 2 nitrogen and oxygen atoms in total. The first-order chi connectivity index (χ1) is 9.91. The first-order valence-corrected chi connectivity index (χ1v) is 8.11. The van der Waals surface area contributed by atoms with Crippen molar-refractivity contribution in [2.45, 2.75) is 52.0 Å². The molecule has 0 spiro atoms. The van der Waals surface area contributed by atoms with E-state index >= 15 is 0 Å². The molecule has 0 saturated carbocycles. The van der Waals surface area contributed by atoms with Crippen LogP contribution in [-0.4, -0.2) is 29.1 Å². The van der Waals surface area contributed by atoms with Gasteiger partial charge in [0.2, 0.25) is 0 Å². The predicted molar refractivity (Wildman–Crippen MR) is 87.7 cm³/mol. The molecule has 1 aromatic carbocycles. The van der Waals surface area contributed by atoms with Crippen molar-refractivity contribution in [3.05, 3.63) is 41.0 Å². The normalized spacial score (nSPS) is 31.6. The van der Waals surface area contributed by atoms with Gasteiger partial charge in [-0.3, -0.25) is 4.90 Å². The lowest BCUT2D eigenvalue weighted by atomic mass is 9.59. The van der Waals surface area contributed by atoms with Gasteiger partial charge in [0.25, 0.3) is 0 Å². The van der Waals surface area contributed by atoms with Crippen LogP contribution in [0.3, 0.4) is 0 Å². The Hall–Kier alpha value is -1.28. The monoisotopic (exact) mass is 285 g/mol. The quantitative estimate of drug-likeness (QED) is 0.834. The van der Waals surface area contributed by atoms with E-state index in [4.69, 9.17) is 0 Å². The smallest absolute Gasteiger partial charge is 0.115 e. The van der Waals surface area contributed by atoms with Crippen LogP contribution in [0.15, 0.2) is 29.8 Å². The van der Waals surface area contributed by atoms with Gasteiger partial charge in [-0.2, -0.15) is 0 Å². The lowest BCUT2D eigenvalue weighted by Crippen LogP contribution is -2.57. The van der Waals surface area contributed by atoms with Crippen LogP contribution in [0.4, 0.5) is 0 Å². The molecule has 1 saturated heterocycles. The molecule has 3 atom stereocenters. The molecule has 2 heteroatoms. The number of phenolic OH excluding ortho intramolecular Hbond substituents is 1. The van der Waals surface area contributed by atoms with Gasteiger partial charge in [-0.05, 0) is 67.8 Å². The maximum absolute atomic E-state index is 9.87. The van der Waals surface area contributed by atoms with E-state index in [1.165, 1.54) is 23.1 Å². The van der Waals surface area contributed by atoms with Gasteiger partial charge in [-0.1, -0.05) is 31.6 Å². The van der Waals surface area contributed by atoms with Crippen molar-refractivity contribution in [3.8, 4) is 5.75 Å². The van der Waals surface area contributed by atoms with E-state index in [9.17, 15) is 5.11 Å². The highest BCUT2D eigenvalue weighted by molar-refractivity contribution is 5.44. The minimum absolute atomic E-state index is 0.207. The van der Waals surface area contributed by atoms with Gasteiger partial charge in [0.1, 0.15) is 5.75 Å². The van der Waals surface area contributed by atoms with Crippen LogP contribution in [0.2, 0.25) is 0 Å². The number of piperidine rings is 1. The van der Waals surface area contributed by atoms with Gasteiger partial charge in [-0.15, -0.1) is 0 Å². The number of hydrogen-bond acceptors (Lipinski definition) is 2. The number of phenols is 1. The Labute approximate surface area is 128 Å². The summed E-state index contributed by atoms with van der Waals surface area (Å²) in [5.41, 5.74) is 4.42. The minimum atomic E-state index is 0.207. The fraction of sp³-hybridized carbons (Fsp3) is 0.579. The number of fused-ring (bicyclic) bond motifs is 4. The van der Waals surface area contributed by atoms with Crippen molar-refractivity contribution in [3.63, 3.8) is 0 Å². The summed E-state index contributed by atoms with van der Waals surface area (Å²) in [6.45, 7) is 11.4. The summed E-state index contributed by atoms with van der Waals surface area (Å²) in [5, 5.41) is 9.87. The number of rotatable bonds is 2. The second-order valence-electron chi connectivity index (χ2n) is 7.35. The van der Waals surface area contributed by atoms with E-state index in [0.717, 1.165) is 19.5 Å². The SMILES string of the molecule is CC(C)=CCN1CCC2(C)c3cc(O)ccc3CC1[C@@H]2C. The Morgan fingerprint density at radius 2 is 2.19 bits per heavy atom. The number of likely N-dealkylation sites (tertiary alicyclic amines) is 1. The maximum atomic E-state index is 9.87. The highest BCUT2D eigenvalue weighted by atomic mass is 16.3. The van der Waals surface area contributed by atoms with Gasteiger partial charge in [0, 0.05) is 12.6 Å². The highest BCUT2D eigenvalue weighted by Crippen LogP contribution is 2.49. The summed E-state index contributed by atoms with van der Waals surface area (Å²) < 4.78 is 0. The molecule has 3 rings (SSSR count). The Bertz CT molecular complexity index is 573. The summed E-state index contributed by atoms with van der Waals surface area (Å²) in [5.74, 6) is 1.04. The number of aromatic hydroxyl groups is 1. The van der Waals surface area contributed by atoms with Gasteiger partial charge in [0.05, 0.1) is 0 Å². The fourth-order valence-electron chi connectivity index (χ4n) is 4.22. The van der Waals surface area contributed by atoms with Crippen LogP contribution in [0, 0.1) is 5.92 Å². The van der Waals surface area contributed by atoms with Crippen molar-refractivity contribution in [2.24, 2.45) is 5.92 Å². The third-order valence-corrected chi connectivity index (χ3v) is 5.84. The highest BCUT2D eigenvalue weighted by Gasteiger charge is 2.48. The van der Waals surface area contributed by atoms with Crippen molar-refractivity contribution in [2.75, 3.05) is 13.1 Å². The standard InChI is InChI=1S/C19H27NO/c1-13(2)7-9-20-10-8-19(4)14(3)18(20)11-15-5-6-16(21)12-17(15)19/h5-7,12,14,18,21H,8-11H2,1-4H3/t14-,18?,19?/m0/s1. The van der Waals surface area contributed by atoms with Gasteiger partial charge in [-0.25, -0.2) is 0 Å². The van der Waals surface area contributed by atoms with E-state index in [2.05, 4.69) is 44.7 Å². The molecule has 21 heavy (non-hydrogen) atoms. The van der Waals surface area contributed by atoms with Gasteiger partial charge >= 0.3 is 0 Å². The summed E-state index contributed by atoms with van der Waals surface area (Å²) >= 11 is 0. The maximum Gasteiger partial charge on any atom is 0.115 e. The third kappa shape index (κ3) is 2.40. The third-order valence-electron chi connectivity index (χ3n) is 5.84. The zero-order valence-corrected chi connectivity index (χ0v) is 13.7. The summed E-state index contributed by atoms with van der Waals surface area (Å²) in [7, 11) is 0. The van der Waals surface area contributed by atoms with Crippen LogP contribution in [0.25, 0.3) is 0 Å². The Balaban J connectivity index is 1.96. The Kier molecular flexibility index (Phi) is 3.61. The van der Waals surface area contributed by atoms with Crippen LogP contribution >= 0.6 is 0 Å². The topological polar surface area (TPSA) is 23.5 Å². The van der Waals surface area contributed by atoms with E-state index in [0.29, 0.717) is 17.7 Å². The summed E-state index contributed by atoms with van der Waals surface area (Å²) in [4.78, 5) is 2.65. The van der Waals surface area contributed by atoms with Crippen molar-refractivity contribution >= 4 is 0 Å². The van der Waals surface area contributed by atoms with Gasteiger partial charge in [0.15, 0.2) is 0 Å². The average molecular weight is 285 g/mol. The Morgan fingerprint density at radius 3 is 2.90 bits per heavy atom. The molecule has 2 aliphatic rings. The van der Waals surface area contributed by atoms with Crippen molar-refractivity contribution in [1.29, 1.82) is 0 Å². The number of nitrogens with zero attached hydrogens (tertiary/aromatic N) is 1. The number of hydrogen-bond donors (Lipinski definition) is 1. The molecule has 1 aromatic rings. The lowest BCUT2D eigenvalue weighted by Gasteiger charge is -2.54. The molecule has 0 amide bonds. The Morgan fingerprint density at radius 1 is 1.43 bits per heavy atom. The summed E-state index contributed by atoms with van der Waals surface area (Å²) in [6.07, 6.45) is 4.64. The van der Waals surface area contributed by atoms with E-state index < -0.39 is 0 Å². The molecular weight excluding hydrogens is 258 g/mol. The largest absolute Gasteiger partial charge is 0.508 e. The zero-order chi connectivity index (χ0) is 15.2. The molecule has 1 aliphatic carbocycles. The molecule has 0 radical (unpaired) electrons. The molecular formula is C19H27NO. The second-order valence-corrected chi connectivity index (χ2v) is 7.35. The minimum Gasteiger partial charge on any atom is -0.508 e. The predicted octanol–water partition coefficient (Wildman–Crippen LogP) is 3.88. The van der Waals surface area contributed by atoms with E-state index in [1.807, 2.05) is 12.1 Å². The molecule has 1 aliphatic heterocycles. The van der Waals surface area contributed by atoms with Gasteiger partial charge < -0.3 is 5.11 Å². The summed E-state index contributed by atoms with van der Waals surface area (Å²) in [6, 6.07) is 6.60. The van der Waals surface area contributed by atoms with Crippen molar-refractivity contribution < 1.29 is 5.11 Å². The van der Waals surface area contributed by atoms with E-state index in [1.54, 1.807) is 0 Å². The molecule has 1 fully saturated rings. The van der Waals surface area contributed by atoms with Crippen molar-refractivity contribution in [1.82, 2.24) is 4.90 Å². The van der Waals surface area contributed by atoms with Crippen LogP contribution in [0.1, 0.15) is 45.2 Å². The lowest BCUT2D eigenvalue weighted by molar-refractivity contribution is 0.0397. The fourth-order valence-corrected chi connectivity index (χ4v) is 4.22. The average Bonchev–Trinajstić information content (AvgIpc) is 2.43. The van der Waals surface area contributed by atoms with E-state index in [-0.39, 0.29) is 5.41 Å². The van der Waals surface area contributed by atoms with Crippen LogP contribution in [0.5, 0.6) is 5.75 Å². The first-order valence-electron chi connectivity index (χ1n) is 8.11. The number of allylic oxidation sites excluding steroid dienone is 1. The van der Waals surface area contributed by atoms with Crippen LogP contribution < -0.4 is 0 Å². The molecule has 2 bridgehead atoms. The van der Waals surface area contributed by atoms with Crippen LogP contribution in [-0.2, 0) is 11.8 Å². The molecule has 1 heterocycles. The first kappa shape index (κ1) is 14.6. The second kappa shape index (κ2) is 5.17. The molecule has 1 N–H and O–H groups in total. The molecule has 114 valence electrons. The number of benzene rings is 1.